The van der Waals surface area contributed by atoms with Crippen LogP contribution in [-0.2, 0) is 4.74 Å². The molecule has 6 nitrogen and oxygen atoms in total. The molecular weight excluding hydrogens is 242 g/mol. The molecule has 19 heavy (non-hydrogen) atoms. The van der Waals surface area contributed by atoms with Gasteiger partial charge < -0.3 is 20.7 Å². The van der Waals surface area contributed by atoms with E-state index in [-0.39, 0.29) is 0 Å². The van der Waals surface area contributed by atoms with Crippen LogP contribution in [0.5, 0.6) is 0 Å². The van der Waals surface area contributed by atoms with Crippen molar-refractivity contribution in [2.24, 2.45) is 0 Å². The fourth-order valence-corrected chi connectivity index (χ4v) is 1.92. The van der Waals surface area contributed by atoms with Gasteiger partial charge in [-0.15, -0.1) is 0 Å². The average Bonchev–Trinajstić information content (AvgIpc) is 2.47. The molecule has 0 amide bonds. The van der Waals surface area contributed by atoms with E-state index in [4.69, 9.17) is 4.74 Å². The lowest BCUT2D eigenvalue weighted by atomic mass is 10.3. The van der Waals surface area contributed by atoms with Gasteiger partial charge in [-0.3, -0.25) is 0 Å². The highest BCUT2D eigenvalue weighted by molar-refractivity contribution is 5.46. The molecule has 3 N–H and O–H groups in total. The van der Waals surface area contributed by atoms with Crippen molar-refractivity contribution in [3.63, 3.8) is 0 Å². The Kier molecular flexibility index (Phi) is 5.84. The van der Waals surface area contributed by atoms with Crippen molar-refractivity contribution in [1.29, 1.82) is 0 Å². The molecule has 0 saturated carbocycles. The Labute approximate surface area is 114 Å². The van der Waals surface area contributed by atoms with Crippen molar-refractivity contribution in [2.75, 3.05) is 43.5 Å². The minimum atomic E-state index is 0.347. The Morgan fingerprint density at radius 2 is 2.21 bits per heavy atom. The molecule has 1 aliphatic heterocycles. The Bertz CT molecular complexity index is 368. The SMILES string of the molecule is CCCCNc1cc(NCC2COCCN2)ncn1. The van der Waals surface area contributed by atoms with E-state index in [0.29, 0.717) is 6.04 Å². The summed E-state index contributed by atoms with van der Waals surface area (Å²) in [4.78, 5) is 8.42. The molecule has 0 spiro atoms. The van der Waals surface area contributed by atoms with Crippen LogP contribution in [0.15, 0.2) is 12.4 Å². The minimum Gasteiger partial charge on any atom is -0.378 e. The molecule has 1 aromatic rings. The molecule has 0 bridgehead atoms. The van der Waals surface area contributed by atoms with Crippen molar-refractivity contribution >= 4 is 11.6 Å². The zero-order valence-electron chi connectivity index (χ0n) is 11.5. The van der Waals surface area contributed by atoms with Gasteiger partial charge >= 0.3 is 0 Å². The molecule has 0 radical (unpaired) electrons. The highest BCUT2D eigenvalue weighted by Gasteiger charge is 2.12. The number of anilines is 2. The number of morpholine rings is 1. The maximum atomic E-state index is 5.41. The monoisotopic (exact) mass is 265 g/mol. The molecule has 1 fully saturated rings. The van der Waals surface area contributed by atoms with Crippen molar-refractivity contribution in [3.8, 4) is 0 Å². The Morgan fingerprint density at radius 3 is 2.95 bits per heavy atom. The minimum absolute atomic E-state index is 0.347. The van der Waals surface area contributed by atoms with E-state index in [1.807, 2.05) is 6.07 Å². The summed E-state index contributed by atoms with van der Waals surface area (Å²) < 4.78 is 5.41. The van der Waals surface area contributed by atoms with Crippen LogP contribution in [0.25, 0.3) is 0 Å². The van der Waals surface area contributed by atoms with Gasteiger partial charge in [-0.1, -0.05) is 13.3 Å². The van der Waals surface area contributed by atoms with Crippen LogP contribution in [0.4, 0.5) is 11.6 Å². The average molecular weight is 265 g/mol. The van der Waals surface area contributed by atoms with E-state index < -0.39 is 0 Å². The summed E-state index contributed by atoms with van der Waals surface area (Å²) in [6, 6.07) is 2.29. The Morgan fingerprint density at radius 1 is 1.37 bits per heavy atom. The van der Waals surface area contributed by atoms with E-state index >= 15 is 0 Å². The summed E-state index contributed by atoms with van der Waals surface area (Å²) in [6.45, 7) is 6.40. The molecule has 1 aliphatic rings. The summed E-state index contributed by atoms with van der Waals surface area (Å²) in [5.74, 6) is 1.72. The molecule has 1 aromatic heterocycles. The maximum Gasteiger partial charge on any atom is 0.131 e. The predicted octanol–water partition coefficient (Wildman–Crippen LogP) is 1.09. The molecule has 2 rings (SSSR count). The van der Waals surface area contributed by atoms with Gasteiger partial charge in [-0.25, -0.2) is 9.97 Å². The highest BCUT2D eigenvalue weighted by Crippen LogP contribution is 2.09. The fourth-order valence-electron chi connectivity index (χ4n) is 1.92. The van der Waals surface area contributed by atoms with Crippen molar-refractivity contribution in [1.82, 2.24) is 15.3 Å². The Hall–Kier alpha value is -1.40. The summed E-state index contributed by atoms with van der Waals surface area (Å²) in [7, 11) is 0. The van der Waals surface area contributed by atoms with Gasteiger partial charge in [0.15, 0.2) is 0 Å². The van der Waals surface area contributed by atoms with Crippen molar-refractivity contribution in [2.45, 2.75) is 25.8 Å². The molecule has 2 heterocycles. The van der Waals surface area contributed by atoms with Crippen LogP contribution in [0.1, 0.15) is 19.8 Å². The number of nitrogens with zero attached hydrogens (tertiary/aromatic N) is 2. The van der Waals surface area contributed by atoms with E-state index in [2.05, 4.69) is 32.8 Å². The number of hydrogen-bond acceptors (Lipinski definition) is 6. The zero-order valence-corrected chi connectivity index (χ0v) is 11.5. The number of rotatable bonds is 7. The van der Waals surface area contributed by atoms with E-state index in [1.165, 1.54) is 6.42 Å². The summed E-state index contributed by atoms with van der Waals surface area (Å²) in [5.41, 5.74) is 0. The highest BCUT2D eigenvalue weighted by atomic mass is 16.5. The standard InChI is InChI=1S/C13H23N5O/c1-2-3-4-15-12-7-13(18-10-17-12)16-8-11-9-19-6-5-14-11/h7,10-11,14H,2-6,8-9H2,1H3,(H2,15,16,17,18). The first-order valence-electron chi connectivity index (χ1n) is 6.99. The summed E-state index contributed by atoms with van der Waals surface area (Å²) in [5, 5.41) is 10.0. The second kappa shape index (κ2) is 7.91. The summed E-state index contributed by atoms with van der Waals surface area (Å²) >= 11 is 0. The van der Waals surface area contributed by atoms with Gasteiger partial charge in [0.2, 0.25) is 0 Å². The van der Waals surface area contributed by atoms with Gasteiger partial charge in [0.1, 0.15) is 18.0 Å². The van der Waals surface area contributed by atoms with Crippen LogP contribution in [-0.4, -0.2) is 48.9 Å². The third-order valence-corrected chi connectivity index (χ3v) is 3.03. The van der Waals surface area contributed by atoms with E-state index in [1.54, 1.807) is 6.33 Å². The van der Waals surface area contributed by atoms with Crippen molar-refractivity contribution in [3.05, 3.63) is 12.4 Å². The number of aromatic nitrogens is 2. The zero-order chi connectivity index (χ0) is 13.3. The number of hydrogen-bond donors (Lipinski definition) is 3. The molecule has 1 saturated heterocycles. The lowest BCUT2D eigenvalue weighted by Gasteiger charge is -2.24. The lowest BCUT2D eigenvalue weighted by molar-refractivity contribution is 0.0806. The van der Waals surface area contributed by atoms with Gasteiger partial charge in [-0.05, 0) is 6.42 Å². The van der Waals surface area contributed by atoms with Gasteiger partial charge in [0.25, 0.3) is 0 Å². The van der Waals surface area contributed by atoms with Crippen LogP contribution in [0.2, 0.25) is 0 Å². The van der Waals surface area contributed by atoms with Crippen LogP contribution >= 0.6 is 0 Å². The van der Waals surface area contributed by atoms with Crippen LogP contribution < -0.4 is 16.0 Å². The normalized spacial score (nSPS) is 19.1. The molecule has 0 aromatic carbocycles. The first-order chi connectivity index (χ1) is 9.38. The van der Waals surface area contributed by atoms with E-state index in [9.17, 15) is 0 Å². The first-order valence-corrected chi connectivity index (χ1v) is 6.99. The maximum absolute atomic E-state index is 5.41. The number of ether oxygens (including phenoxy) is 1. The Balaban J connectivity index is 1.77. The quantitative estimate of drug-likeness (QED) is 0.641. The smallest absolute Gasteiger partial charge is 0.131 e. The van der Waals surface area contributed by atoms with Gasteiger partial charge in [-0.2, -0.15) is 0 Å². The molecular formula is C13H23N5O. The van der Waals surface area contributed by atoms with Crippen molar-refractivity contribution < 1.29 is 4.74 Å². The van der Waals surface area contributed by atoms with Crippen LogP contribution in [0, 0.1) is 0 Å². The second-order valence-electron chi connectivity index (χ2n) is 4.68. The van der Waals surface area contributed by atoms with Crippen LogP contribution in [0.3, 0.4) is 0 Å². The molecule has 1 atom stereocenters. The summed E-state index contributed by atoms with van der Waals surface area (Å²) in [6.07, 6.45) is 3.91. The molecule has 0 aliphatic carbocycles. The number of nitrogens with one attached hydrogen (secondary N) is 3. The molecule has 106 valence electrons. The lowest BCUT2D eigenvalue weighted by Crippen LogP contribution is -2.45. The third kappa shape index (κ3) is 5.00. The number of unbranched alkanes of at least 4 members (excludes halogenated alkanes) is 1. The van der Waals surface area contributed by atoms with E-state index in [0.717, 1.165) is 50.9 Å². The predicted molar refractivity (Wildman–Crippen MR) is 76.5 cm³/mol. The third-order valence-electron chi connectivity index (χ3n) is 3.03. The van der Waals surface area contributed by atoms with Gasteiger partial charge in [0.05, 0.1) is 13.2 Å². The molecule has 6 heteroatoms. The molecule has 1 unspecified atom stereocenters. The fraction of sp³-hybridized carbons (Fsp3) is 0.692. The second-order valence-corrected chi connectivity index (χ2v) is 4.68. The largest absolute Gasteiger partial charge is 0.378 e. The topological polar surface area (TPSA) is 71.1 Å². The van der Waals surface area contributed by atoms with Gasteiger partial charge in [0, 0.05) is 31.7 Å². The first kappa shape index (κ1) is 14.0.